The van der Waals surface area contributed by atoms with Crippen LogP contribution in [0.4, 0.5) is 0 Å². The number of fused-ring (bicyclic) bond motifs is 1. The molecule has 1 aliphatic rings. The summed E-state index contributed by atoms with van der Waals surface area (Å²) in [5, 5.41) is 0.301. The number of aryl methyl sites for hydroxylation is 1. The first-order valence-electron chi connectivity index (χ1n) is 9.72. The van der Waals surface area contributed by atoms with Crippen LogP contribution < -0.4 is 0 Å². The van der Waals surface area contributed by atoms with Crippen LogP contribution >= 0.6 is 11.6 Å². The first kappa shape index (κ1) is 18.9. The molecule has 0 aromatic carbocycles. The average molecular weight is 399 g/mol. The van der Waals surface area contributed by atoms with Crippen LogP contribution in [-0.2, 0) is 11.8 Å². The van der Waals surface area contributed by atoms with E-state index in [0.717, 1.165) is 44.3 Å². The second-order valence-electron chi connectivity index (χ2n) is 6.90. The van der Waals surface area contributed by atoms with E-state index in [1.807, 2.05) is 22.4 Å². The zero-order chi connectivity index (χ0) is 19.5. The quantitative estimate of drug-likeness (QED) is 0.375. The van der Waals surface area contributed by atoms with Gasteiger partial charge in [0.15, 0.2) is 22.4 Å². The van der Waals surface area contributed by atoms with E-state index in [0.29, 0.717) is 34.6 Å². The topological polar surface area (TPSA) is 70.7 Å². The van der Waals surface area contributed by atoms with Crippen molar-refractivity contribution >= 4 is 22.8 Å². The second-order valence-corrected chi connectivity index (χ2v) is 7.26. The number of rotatable bonds is 4. The maximum atomic E-state index is 6.46. The zero-order valence-electron chi connectivity index (χ0n) is 16.2. The summed E-state index contributed by atoms with van der Waals surface area (Å²) >= 11 is 6.46. The molecule has 3 aromatic rings. The van der Waals surface area contributed by atoms with Gasteiger partial charge in [-0.25, -0.2) is 19.9 Å². The number of hydrogen-bond acceptors (Lipinski definition) is 5. The Labute approximate surface area is 169 Å². The van der Waals surface area contributed by atoms with E-state index in [-0.39, 0.29) is 6.23 Å². The minimum absolute atomic E-state index is 0.155. The van der Waals surface area contributed by atoms with Crippen molar-refractivity contribution in [3.63, 3.8) is 0 Å². The van der Waals surface area contributed by atoms with Crippen LogP contribution in [0, 0.1) is 11.8 Å². The maximum absolute atomic E-state index is 6.46. The summed E-state index contributed by atoms with van der Waals surface area (Å²) in [6.07, 6.45) is 9.50. The van der Waals surface area contributed by atoms with Gasteiger partial charge in [0, 0.05) is 32.5 Å². The molecule has 8 heteroatoms. The van der Waals surface area contributed by atoms with E-state index in [2.05, 4.69) is 33.7 Å². The molecule has 0 radical (unpaired) electrons. The number of imidazole rings is 2. The Bertz CT molecular complexity index is 1040. The fourth-order valence-corrected chi connectivity index (χ4v) is 3.55. The fourth-order valence-electron chi connectivity index (χ4n) is 3.34. The molecule has 0 N–H and O–H groups in total. The summed E-state index contributed by atoms with van der Waals surface area (Å²) in [5.74, 6) is 8.00. The van der Waals surface area contributed by atoms with Gasteiger partial charge in [-0.15, -0.1) is 0 Å². The minimum Gasteiger partial charge on any atom is -0.358 e. The smallest absolute Gasteiger partial charge is 0.208 e. The predicted molar refractivity (Wildman–Crippen MR) is 108 cm³/mol. The van der Waals surface area contributed by atoms with E-state index < -0.39 is 0 Å². The van der Waals surface area contributed by atoms with Crippen LogP contribution in [0.1, 0.15) is 57.5 Å². The molecule has 0 saturated carbocycles. The standard InChI is InChI=1S/C20H23ClN6O/c1-3-4-5-6-9-14-23-17(21)16-18(24-14)27(15-10-7-8-13-28-15)20(25-16)19-22-11-12-26(19)2/h11-12,15H,3-5,7-8,10,13H2,1-2H3. The molecule has 1 saturated heterocycles. The van der Waals surface area contributed by atoms with Gasteiger partial charge in [-0.05, 0) is 31.6 Å². The molecule has 28 heavy (non-hydrogen) atoms. The molecule has 7 nitrogen and oxygen atoms in total. The first-order valence-corrected chi connectivity index (χ1v) is 10.1. The highest BCUT2D eigenvalue weighted by Gasteiger charge is 2.27. The summed E-state index contributed by atoms with van der Waals surface area (Å²) in [6, 6.07) is 0. The lowest BCUT2D eigenvalue weighted by Crippen LogP contribution is -2.20. The van der Waals surface area contributed by atoms with Crippen LogP contribution in [0.3, 0.4) is 0 Å². The van der Waals surface area contributed by atoms with Crippen molar-refractivity contribution in [1.82, 2.24) is 29.1 Å². The summed E-state index contributed by atoms with van der Waals surface area (Å²) in [5.41, 5.74) is 1.19. The van der Waals surface area contributed by atoms with Gasteiger partial charge in [-0.3, -0.25) is 4.57 Å². The van der Waals surface area contributed by atoms with Crippen LogP contribution in [0.15, 0.2) is 12.4 Å². The van der Waals surface area contributed by atoms with Gasteiger partial charge < -0.3 is 9.30 Å². The molecule has 3 aromatic heterocycles. The number of unbranched alkanes of at least 4 members (excludes halogenated alkanes) is 2. The van der Waals surface area contributed by atoms with Crippen molar-refractivity contribution in [2.45, 2.75) is 51.7 Å². The number of aromatic nitrogens is 6. The van der Waals surface area contributed by atoms with Crippen molar-refractivity contribution < 1.29 is 4.74 Å². The Kier molecular flexibility index (Phi) is 5.60. The van der Waals surface area contributed by atoms with Crippen LogP contribution in [0.25, 0.3) is 22.8 Å². The SMILES string of the molecule is CCCCC#Cc1nc(Cl)c2nc(-c3nccn3C)n(C3CCCCO3)c2n1. The lowest BCUT2D eigenvalue weighted by atomic mass is 10.2. The fraction of sp³-hybridized carbons (Fsp3) is 0.500. The Morgan fingerprint density at radius 1 is 1.25 bits per heavy atom. The number of halogens is 1. The largest absolute Gasteiger partial charge is 0.358 e. The van der Waals surface area contributed by atoms with Crippen molar-refractivity contribution in [3.05, 3.63) is 23.4 Å². The zero-order valence-corrected chi connectivity index (χ0v) is 16.9. The van der Waals surface area contributed by atoms with Gasteiger partial charge in [0.05, 0.1) is 0 Å². The molecule has 0 amide bonds. The van der Waals surface area contributed by atoms with Crippen molar-refractivity contribution in [1.29, 1.82) is 0 Å². The molecule has 1 fully saturated rings. The molecule has 4 rings (SSSR count). The van der Waals surface area contributed by atoms with Crippen molar-refractivity contribution in [2.24, 2.45) is 7.05 Å². The average Bonchev–Trinajstić information content (AvgIpc) is 3.29. The van der Waals surface area contributed by atoms with Gasteiger partial charge in [0.2, 0.25) is 5.82 Å². The Hall–Kier alpha value is -2.43. The van der Waals surface area contributed by atoms with E-state index in [1.54, 1.807) is 6.20 Å². The van der Waals surface area contributed by atoms with Gasteiger partial charge in [0.1, 0.15) is 11.7 Å². The highest BCUT2D eigenvalue weighted by Crippen LogP contribution is 2.33. The molecule has 146 valence electrons. The number of hydrogen-bond donors (Lipinski definition) is 0. The van der Waals surface area contributed by atoms with E-state index in [9.17, 15) is 0 Å². The van der Waals surface area contributed by atoms with Crippen LogP contribution in [0.2, 0.25) is 5.15 Å². The molecule has 0 aliphatic carbocycles. The van der Waals surface area contributed by atoms with Gasteiger partial charge in [-0.2, -0.15) is 0 Å². The number of ether oxygens (including phenoxy) is 1. The van der Waals surface area contributed by atoms with E-state index in [1.165, 1.54) is 0 Å². The predicted octanol–water partition coefficient (Wildman–Crippen LogP) is 4.12. The molecule has 4 heterocycles. The van der Waals surface area contributed by atoms with Gasteiger partial charge in [0.25, 0.3) is 0 Å². The third kappa shape index (κ3) is 3.62. The van der Waals surface area contributed by atoms with Gasteiger partial charge in [-0.1, -0.05) is 30.9 Å². The van der Waals surface area contributed by atoms with Crippen LogP contribution in [0.5, 0.6) is 0 Å². The van der Waals surface area contributed by atoms with Crippen molar-refractivity contribution in [2.75, 3.05) is 6.61 Å². The maximum Gasteiger partial charge on any atom is 0.208 e. The van der Waals surface area contributed by atoms with Crippen molar-refractivity contribution in [3.8, 4) is 23.5 Å². The molecule has 1 aliphatic heterocycles. The lowest BCUT2D eigenvalue weighted by molar-refractivity contribution is -0.0288. The molecular weight excluding hydrogens is 376 g/mol. The monoisotopic (exact) mass is 398 g/mol. The van der Waals surface area contributed by atoms with Crippen LogP contribution in [-0.4, -0.2) is 35.7 Å². The minimum atomic E-state index is -0.155. The highest BCUT2D eigenvalue weighted by molar-refractivity contribution is 6.33. The van der Waals surface area contributed by atoms with Gasteiger partial charge >= 0.3 is 0 Å². The Morgan fingerprint density at radius 3 is 2.86 bits per heavy atom. The molecule has 1 unspecified atom stereocenters. The summed E-state index contributed by atoms with van der Waals surface area (Å²) < 4.78 is 9.97. The highest BCUT2D eigenvalue weighted by atomic mass is 35.5. The third-order valence-electron chi connectivity index (χ3n) is 4.82. The molecular formula is C20H23ClN6O. The molecule has 0 bridgehead atoms. The Morgan fingerprint density at radius 2 is 2.14 bits per heavy atom. The third-order valence-corrected chi connectivity index (χ3v) is 5.08. The summed E-state index contributed by atoms with van der Waals surface area (Å²) in [7, 11) is 1.94. The number of nitrogens with zero attached hydrogens (tertiary/aromatic N) is 6. The Balaban J connectivity index is 1.87. The van der Waals surface area contributed by atoms with E-state index in [4.69, 9.17) is 21.3 Å². The van der Waals surface area contributed by atoms with E-state index >= 15 is 0 Å². The summed E-state index contributed by atoms with van der Waals surface area (Å²) in [6.45, 7) is 2.86. The lowest BCUT2D eigenvalue weighted by Gasteiger charge is -2.25. The second kappa shape index (κ2) is 8.29. The normalized spacial score (nSPS) is 16.9. The molecule has 1 atom stereocenters. The molecule has 0 spiro atoms. The summed E-state index contributed by atoms with van der Waals surface area (Å²) in [4.78, 5) is 18.2. The first-order chi connectivity index (χ1) is 13.7.